The van der Waals surface area contributed by atoms with E-state index in [2.05, 4.69) is 30.8 Å². The van der Waals surface area contributed by atoms with E-state index in [1.807, 2.05) is 24.3 Å². The van der Waals surface area contributed by atoms with E-state index in [-0.39, 0.29) is 11.4 Å². The Bertz CT molecular complexity index is 668. The number of benzene rings is 1. The van der Waals surface area contributed by atoms with Crippen LogP contribution in [-0.4, -0.2) is 34.1 Å². The lowest BCUT2D eigenvalue weighted by Crippen LogP contribution is -2.35. The van der Waals surface area contributed by atoms with E-state index in [0.29, 0.717) is 29.3 Å². The van der Waals surface area contributed by atoms with Crippen molar-refractivity contribution in [2.24, 2.45) is 0 Å². The van der Waals surface area contributed by atoms with E-state index in [1.165, 1.54) is 0 Å². The van der Waals surface area contributed by atoms with Gasteiger partial charge in [-0.1, -0.05) is 19.1 Å². The van der Waals surface area contributed by atoms with Crippen LogP contribution in [0.4, 0.5) is 0 Å². The molecule has 0 saturated heterocycles. The molecule has 0 spiro atoms. The van der Waals surface area contributed by atoms with Crippen molar-refractivity contribution in [2.45, 2.75) is 38.7 Å². The summed E-state index contributed by atoms with van der Waals surface area (Å²) in [6, 6.07) is 7.91. The van der Waals surface area contributed by atoms with Crippen LogP contribution in [0, 0.1) is 0 Å². The van der Waals surface area contributed by atoms with Crippen LogP contribution in [0.25, 0.3) is 10.9 Å². The summed E-state index contributed by atoms with van der Waals surface area (Å²) in [4.78, 5) is 19.4. The second-order valence-corrected chi connectivity index (χ2v) is 5.64. The van der Waals surface area contributed by atoms with Crippen molar-refractivity contribution >= 4 is 22.5 Å². The minimum atomic E-state index is -0.00574. The van der Waals surface area contributed by atoms with Gasteiger partial charge in [-0.05, 0) is 32.5 Å². The van der Waals surface area contributed by atoms with Crippen LogP contribution < -0.4 is 5.56 Å². The second kappa shape index (κ2) is 7.05. The summed E-state index contributed by atoms with van der Waals surface area (Å²) in [7, 11) is 2.08. The summed E-state index contributed by atoms with van der Waals surface area (Å²) < 4.78 is 1.70. The fourth-order valence-electron chi connectivity index (χ4n) is 2.34. The van der Waals surface area contributed by atoms with Gasteiger partial charge in [0.05, 0.1) is 16.8 Å². The fraction of sp³-hybridized carbons (Fsp3) is 0.500. The van der Waals surface area contributed by atoms with Crippen LogP contribution in [0.1, 0.15) is 26.1 Å². The van der Waals surface area contributed by atoms with Gasteiger partial charge in [-0.25, -0.2) is 4.98 Å². The average molecular weight is 308 g/mol. The number of para-hydroxylation sites is 1. The van der Waals surface area contributed by atoms with Gasteiger partial charge in [0, 0.05) is 19.1 Å². The molecule has 0 bridgehead atoms. The largest absolute Gasteiger partial charge is 0.302 e. The molecule has 0 aliphatic rings. The van der Waals surface area contributed by atoms with Crippen LogP contribution in [0.5, 0.6) is 0 Å². The number of fused-ring (bicyclic) bond motifs is 1. The first-order chi connectivity index (χ1) is 10.1. The number of nitrogens with zero attached hydrogens (tertiary/aromatic N) is 3. The van der Waals surface area contributed by atoms with E-state index < -0.39 is 0 Å². The van der Waals surface area contributed by atoms with Crippen molar-refractivity contribution < 1.29 is 0 Å². The maximum atomic E-state index is 12.6. The SMILES string of the molecule is CCC(C)N(C)CCn1c(CCl)nc2ccccc2c1=O. The Morgan fingerprint density at radius 2 is 2.10 bits per heavy atom. The molecule has 1 aromatic carbocycles. The van der Waals surface area contributed by atoms with Crippen molar-refractivity contribution in [3.8, 4) is 0 Å². The van der Waals surface area contributed by atoms with Crippen molar-refractivity contribution in [1.29, 1.82) is 0 Å². The quantitative estimate of drug-likeness (QED) is 0.770. The molecule has 0 aliphatic carbocycles. The van der Waals surface area contributed by atoms with E-state index in [1.54, 1.807) is 4.57 Å². The number of likely N-dealkylation sites (N-methyl/N-ethyl adjacent to an activating group) is 1. The Kier molecular flexibility index (Phi) is 5.37. The average Bonchev–Trinajstić information content (AvgIpc) is 2.52. The Morgan fingerprint density at radius 1 is 1.38 bits per heavy atom. The molecule has 0 amide bonds. The molecule has 2 rings (SSSR count). The third-order valence-corrected chi connectivity index (χ3v) is 4.32. The first kappa shape index (κ1) is 16.0. The summed E-state index contributed by atoms with van der Waals surface area (Å²) in [5, 5.41) is 0.651. The zero-order chi connectivity index (χ0) is 15.4. The Balaban J connectivity index is 2.34. The summed E-state index contributed by atoms with van der Waals surface area (Å²) in [5.41, 5.74) is 0.707. The lowest BCUT2D eigenvalue weighted by Gasteiger charge is -2.24. The normalized spacial score (nSPS) is 13.0. The number of rotatable bonds is 6. The molecule has 1 heterocycles. The van der Waals surface area contributed by atoms with Crippen molar-refractivity contribution in [3.63, 3.8) is 0 Å². The Hall–Kier alpha value is -1.39. The minimum absolute atomic E-state index is 0.00574. The molecule has 114 valence electrons. The maximum absolute atomic E-state index is 12.6. The lowest BCUT2D eigenvalue weighted by atomic mass is 10.2. The molecule has 0 radical (unpaired) electrons. The third-order valence-electron chi connectivity index (χ3n) is 4.08. The van der Waals surface area contributed by atoms with Crippen molar-refractivity contribution in [2.75, 3.05) is 13.6 Å². The Morgan fingerprint density at radius 3 is 2.76 bits per heavy atom. The highest BCUT2D eigenvalue weighted by atomic mass is 35.5. The number of hydrogen-bond donors (Lipinski definition) is 0. The van der Waals surface area contributed by atoms with Gasteiger partial charge in [-0.3, -0.25) is 9.36 Å². The van der Waals surface area contributed by atoms with Gasteiger partial charge in [-0.2, -0.15) is 0 Å². The van der Waals surface area contributed by atoms with Gasteiger partial charge in [-0.15, -0.1) is 11.6 Å². The highest BCUT2D eigenvalue weighted by Crippen LogP contribution is 2.10. The highest BCUT2D eigenvalue weighted by molar-refractivity contribution is 6.16. The lowest BCUT2D eigenvalue weighted by molar-refractivity contribution is 0.240. The summed E-state index contributed by atoms with van der Waals surface area (Å²) in [5.74, 6) is 0.880. The smallest absolute Gasteiger partial charge is 0.261 e. The van der Waals surface area contributed by atoms with Gasteiger partial charge in [0.15, 0.2) is 0 Å². The Labute approximate surface area is 130 Å². The first-order valence-corrected chi connectivity index (χ1v) is 7.86. The highest BCUT2D eigenvalue weighted by Gasteiger charge is 2.12. The molecule has 0 aliphatic heterocycles. The molecule has 4 nitrogen and oxygen atoms in total. The van der Waals surface area contributed by atoms with Gasteiger partial charge >= 0.3 is 0 Å². The van der Waals surface area contributed by atoms with E-state index >= 15 is 0 Å². The zero-order valence-corrected chi connectivity index (χ0v) is 13.6. The maximum Gasteiger partial charge on any atom is 0.261 e. The van der Waals surface area contributed by atoms with Gasteiger partial charge in [0.1, 0.15) is 5.82 Å². The molecule has 0 saturated carbocycles. The fourth-order valence-corrected chi connectivity index (χ4v) is 2.54. The van der Waals surface area contributed by atoms with E-state index in [4.69, 9.17) is 11.6 Å². The van der Waals surface area contributed by atoms with Gasteiger partial charge in [0.2, 0.25) is 0 Å². The number of halogens is 1. The van der Waals surface area contributed by atoms with Crippen molar-refractivity contribution in [3.05, 3.63) is 40.4 Å². The van der Waals surface area contributed by atoms with Crippen LogP contribution in [0.2, 0.25) is 0 Å². The second-order valence-electron chi connectivity index (χ2n) is 5.37. The van der Waals surface area contributed by atoms with Crippen LogP contribution in [0.15, 0.2) is 29.1 Å². The topological polar surface area (TPSA) is 38.1 Å². The molecule has 1 atom stereocenters. The monoisotopic (exact) mass is 307 g/mol. The molecule has 21 heavy (non-hydrogen) atoms. The van der Waals surface area contributed by atoms with Gasteiger partial charge < -0.3 is 4.90 Å². The van der Waals surface area contributed by atoms with E-state index in [9.17, 15) is 4.79 Å². The molecule has 0 N–H and O–H groups in total. The standard InChI is InChI=1S/C16H22ClN3O/c1-4-12(2)19(3)9-10-20-15(11-17)18-14-8-6-5-7-13(14)16(20)21/h5-8,12H,4,9-11H2,1-3H3. The third kappa shape index (κ3) is 3.44. The summed E-state index contributed by atoms with van der Waals surface area (Å²) >= 11 is 5.97. The molecular formula is C16H22ClN3O. The minimum Gasteiger partial charge on any atom is -0.302 e. The number of hydrogen-bond acceptors (Lipinski definition) is 3. The summed E-state index contributed by atoms with van der Waals surface area (Å²) in [6.07, 6.45) is 1.09. The van der Waals surface area contributed by atoms with E-state index in [0.717, 1.165) is 13.0 Å². The molecule has 1 aromatic heterocycles. The summed E-state index contributed by atoms with van der Waals surface area (Å²) in [6.45, 7) is 5.76. The molecular weight excluding hydrogens is 286 g/mol. The molecule has 1 unspecified atom stereocenters. The first-order valence-electron chi connectivity index (χ1n) is 7.33. The molecule has 0 fully saturated rings. The number of alkyl halides is 1. The van der Waals surface area contributed by atoms with Gasteiger partial charge in [0.25, 0.3) is 5.56 Å². The van der Waals surface area contributed by atoms with Crippen molar-refractivity contribution in [1.82, 2.24) is 14.5 Å². The van der Waals surface area contributed by atoms with Crippen LogP contribution >= 0.6 is 11.6 Å². The predicted molar refractivity (Wildman–Crippen MR) is 87.9 cm³/mol. The zero-order valence-electron chi connectivity index (χ0n) is 12.8. The number of aromatic nitrogens is 2. The molecule has 5 heteroatoms. The van der Waals surface area contributed by atoms with Crippen LogP contribution in [0.3, 0.4) is 0 Å². The van der Waals surface area contributed by atoms with Crippen LogP contribution in [-0.2, 0) is 12.4 Å². The molecule has 2 aromatic rings. The predicted octanol–water partition coefficient (Wildman–Crippen LogP) is 2.87.